The van der Waals surface area contributed by atoms with E-state index >= 15 is 0 Å². The van der Waals surface area contributed by atoms with Gasteiger partial charge in [-0.05, 0) is 31.4 Å². The Morgan fingerprint density at radius 2 is 2.00 bits per heavy atom. The van der Waals surface area contributed by atoms with E-state index in [0.29, 0.717) is 5.92 Å². The molecule has 13 heavy (non-hydrogen) atoms. The van der Waals surface area contributed by atoms with Crippen molar-refractivity contribution in [2.45, 2.75) is 27.7 Å². The fraction of sp³-hybridized carbons (Fsp3) is 0.417. The van der Waals surface area contributed by atoms with Crippen molar-refractivity contribution < 1.29 is 0 Å². The summed E-state index contributed by atoms with van der Waals surface area (Å²) in [5.74, 6) is 0.437. The zero-order valence-electron chi connectivity index (χ0n) is 9.04. The Labute approximate surface area is 81.6 Å². The molecule has 1 nitrogen and oxygen atoms in total. The van der Waals surface area contributed by atoms with Crippen LogP contribution in [0.4, 0.5) is 0 Å². The Morgan fingerprint density at radius 1 is 1.38 bits per heavy atom. The molecule has 0 fully saturated rings. The Bertz CT molecular complexity index is 242. The molecule has 0 aliphatic heterocycles. The maximum atomic E-state index is 4.35. The lowest BCUT2D eigenvalue weighted by Gasteiger charge is -2.02. The van der Waals surface area contributed by atoms with Crippen molar-refractivity contribution in [1.82, 2.24) is 0 Å². The zero-order valence-corrected chi connectivity index (χ0v) is 9.04. The van der Waals surface area contributed by atoms with Crippen LogP contribution in [-0.4, -0.2) is 5.71 Å². The van der Waals surface area contributed by atoms with Gasteiger partial charge in [0.2, 0.25) is 0 Å². The highest BCUT2D eigenvalue weighted by Gasteiger charge is 1.97. The van der Waals surface area contributed by atoms with Gasteiger partial charge >= 0.3 is 0 Å². The number of hydrogen-bond donors (Lipinski definition) is 0. The van der Waals surface area contributed by atoms with Crippen LogP contribution in [0.5, 0.6) is 0 Å². The van der Waals surface area contributed by atoms with Gasteiger partial charge in [0.05, 0.1) is 0 Å². The second kappa shape index (κ2) is 6.41. The highest BCUT2D eigenvalue weighted by molar-refractivity contribution is 5.96. The van der Waals surface area contributed by atoms with Crippen LogP contribution in [0.15, 0.2) is 41.6 Å². The molecule has 0 aromatic heterocycles. The molecule has 0 radical (unpaired) electrons. The van der Waals surface area contributed by atoms with Gasteiger partial charge in [0.15, 0.2) is 0 Å². The summed E-state index contributed by atoms with van der Waals surface area (Å²) in [4.78, 5) is 4.35. The van der Waals surface area contributed by atoms with Crippen LogP contribution in [0.1, 0.15) is 27.7 Å². The van der Waals surface area contributed by atoms with Crippen molar-refractivity contribution in [2.75, 3.05) is 0 Å². The summed E-state index contributed by atoms with van der Waals surface area (Å²) in [7, 11) is 0. The molecule has 0 bridgehead atoms. The molecule has 0 saturated heterocycles. The van der Waals surface area contributed by atoms with Crippen LogP contribution >= 0.6 is 0 Å². The van der Waals surface area contributed by atoms with Crippen molar-refractivity contribution >= 4 is 5.71 Å². The van der Waals surface area contributed by atoms with Crippen LogP contribution in [0.3, 0.4) is 0 Å². The van der Waals surface area contributed by atoms with Gasteiger partial charge in [-0.3, -0.25) is 4.99 Å². The van der Waals surface area contributed by atoms with Crippen LogP contribution in [-0.2, 0) is 0 Å². The second-order valence-electron chi connectivity index (χ2n) is 3.29. The Hall–Kier alpha value is -1.11. The summed E-state index contributed by atoms with van der Waals surface area (Å²) in [5, 5.41) is 0. The fourth-order valence-electron chi connectivity index (χ4n) is 0.920. The molecule has 0 aliphatic carbocycles. The molecular formula is C12H19N. The maximum Gasteiger partial charge on any atom is 0.0423 e. The third kappa shape index (κ3) is 5.18. The molecule has 0 rings (SSSR count). The molecule has 0 heterocycles. The van der Waals surface area contributed by atoms with Gasteiger partial charge in [0.1, 0.15) is 0 Å². The minimum Gasteiger partial charge on any atom is -0.261 e. The summed E-state index contributed by atoms with van der Waals surface area (Å²) >= 11 is 0. The molecule has 1 heteroatoms. The van der Waals surface area contributed by atoms with E-state index in [4.69, 9.17) is 0 Å². The first-order valence-electron chi connectivity index (χ1n) is 4.61. The highest BCUT2D eigenvalue weighted by atomic mass is 14.7. The van der Waals surface area contributed by atoms with Crippen molar-refractivity contribution in [3.8, 4) is 0 Å². The van der Waals surface area contributed by atoms with E-state index in [0.717, 1.165) is 11.3 Å². The molecule has 0 aliphatic rings. The molecule has 0 atom stereocenters. The Morgan fingerprint density at radius 3 is 2.38 bits per heavy atom. The predicted molar refractivity (Wildman–Crippen MR) is 61.0 cm³/mol. The van der Waals surface area contributed by atoms with E-state index in [9.17, 15) is 0 Å². The molecule has 0 aromatic rings. The first kappa shape index (κ1) is 11.9. The number of nitrogens with zero attached hydrogens (tertiary/aromatic N) is 1. The molecule has 0 saturated carbocycles. The van der Waals surface area contributed by atoms with Gasteiger partial charge in [-0.25, -0.2) is 0 Å². The van der Waals surface area contributed by atoms with Crippen LogP contribution in [0.25, 0.3) is 0 Å². The summed E-state index contributed by atoms with van der Waals surface area (Å²) in [5.41, 5.74) is 2.19. The van der Waals surface area contributed by atoms with Gasteiger partial charge in [-0.15, -0.1) is 0 Å². The summed E-state index contributed by atoms with van der Waals surface area (Å²) < 4.78 is 0. The average molecular weight is 177 g/mol. The molecule has 0 aromatic carbocycles. The summed E-state index contributed by atoms with van der Waals surface area (Å²) in [6.45, 7) is 12.0. The van der Waals surface area contributed by atoms with Gasteiger partial charge < -0.3 is 0 Å². The van der Waals surface area contributed by atoms with Gasteiger partial charge in [-0.1, -0.05) is 32.6 Å². The van der Waals surface area contributed by atoms with E-state index in [1.807, 2.05) is 38.3 Å². The topological polar surface area (TPSA) is 12.4 Å². The first-order valence-corrected chi connectivity index (χ1v) is 4.61. The quantitative estimate of drug-likeness (QED) is 0.458. The van der Waals surface area contributed by atoms with E-state index in [2.05, 4.69) is 25.4 Å². The smallest absolute Gasteiger partial charge is 0.0423 e. The lowest BCUT2D eigenvalue weighted by molar-refractivity contribution is 0.889. The van der Waals surface area contributed by atoms with Crippen molar-refractivity contribution in [3.63, 3.8) is 0 Å². The number of aliphatic imine (C=N–C) groups is 1. The fourth-order valence-corrected chi connectivity index (χ4v) is 0.920. The second-order valence-corrected chi connectivity index (χ2v) is 3.29. The molecule has 0 amide bonds. The van der Waals surface area contributed by atoms with Crippen molar-refractivity contribution in [3.05, 3.63) is 36.6 Å². The largest absolute Gasteiger partial charge is 0.261 e. The maximum absolute atomic E-state index is 4.35. The van der Waals surface area contributed by atoms with Crippen LogP contribution < -0.4 is 0 Å². The Kier molecular flexibility index (Phi) is 5.86. The molecule has 0 unspecified atom stereocenters. The van der Waals surface area contributed by atoms with Crippen LogP contribution in [0, 0.1) is 5.92 Å². The highest BCUT2D eigenvalue weighted by Crippen LogP contribution is 2.01. The Balaban J connectivity index is 4.53. The van der Waals surface area contributed by atoms with Gasteiger partial charge in [0, 0.05) is 11.9 Å². The van der Waals surface area contributed by atoms with E-state index in [1.54, 1.807) is 0 Å². The normalized spacial score (nSPS) is 14.2. The molecule has 72 valence electrons. The number of hydrogen-bond acceptors (Lipinski definition) is 1. The van der Waals surface area contributed by atoms with Crippen molar-refractivity contribution in [2.24, 2.45) is 10.9 Å². The lowest BCUT2D eigenvalue weighted by atomic mass is 10.1. The van der Waals surface area contributed by atoms with Gasteiger partial charge in [-0.2, -0.15) is 0 Å². The summed E-state index contributed by atoms with van der Waals surface area (Å²) in [6, 6.07) is 0. The molecular weight excluding hydrogens is 158 g/mol. The average Bonchev–Trinajstić information content (AvgIpc) is 2.05. The third-order valence-electron chi connectivity index (χ3n) is 1.65. The standard InChI is InChI=1S/C12H19N/c1-6-8-11(5)9-13-12(7-2)10(3)4/h6-10H,2H2,1,3-5H3/b8-6-,11-9-,13-12?. The lowest BCUT2D eigenvalue weighted by Crippen LogP contribution is -2.02. The van der Waals surface area contributed by atoms with E-state index in [-0.39, 0.29) is 0 Å². The molecule has 0 N–H and O–H groups in total. The predicted octanol–water partition coefficient (Wildman–Crippen LogP) is 3.75. The van der Waals surface area contributed by atoms with E-state index in [1.165, 1.54) is 0 Å². The monoisotopic (exact) mass is 177 g/mol. The number of rotatable bonds is 4. The third-order valence-corrected chi connectivity index (χ3v) is 1.65. The van der Waals surface area contributed by atoms with Crippen molar-refractivity contribution in [1.29, 1.82) is 0 Å². The summed E-state index contributed by atoms with van der Waals surface area (Å²) in [6.07, 6.45) is 7.72. The minimum absolute atomic E-state index is 0.437. The van der Waals surface area contributed by atoms with Crippen LogP contribution in [0.2, 0.25) is 0 Å². The van der Waals surface area contributed by atoms with Gasteiger partial charge in [0.25, 0.3) is 0 Å². The SMILES string of the molecule is C=CC(=N/C=C(C)\C=C/C)C(C)C. The molecule has 0 spiro atoms. The minimum atomic E-state index is 0.437. The zero-order chi connectivity index (χ0) is 10.3. The first-order chi connectivity index (χ1) is 6.11. The number of allylic oxidation sites excluding steroid dienone is 4. The van der Waals surface area contributed by atoms with E-state index < -0.39 is 0 Å².